The fourth-order valence-electron chi connectivity index (χ4n) is 1.55. The van der Waals surface area contributed by atoms with Gasteiger partial charge in [0.15, 0.2) is 6.79 Å². The van der Waals surface area contributed by atoms with Gasteiger partial charge >= 0.3 is 8.80 Å². The van der Waals surface area contributed by atoms with E-state index in [-0.39, 0.29) is 6.79 Å². The van der Waals surface area contributed by atoms with Crippen LogP contribution in [-0.4, -0.2) is 44.0 Å². The molecule has 0 fully saturated rings. The minimum atomic E-state index is -2.87. The Morgan fingerprint density at radius 3 is 2.06 bits per heavy atom. The zero-order valence-corrected chi connectivity index (χ0v) is 11.6. The van der Waals surface area contributed by atoms with Crippen LogP contribution in [0.1, 0.15) is 0 Å². The molecular formula is C11H18O5Si. The van der Waals surface area contributed by atoms with E-state index in [1.807, 2.05) is 24.3 Å². The van der Waals surface area contributed by atoms with E-state index >= 15 is 0 Å². The maximum atomic E-state index is 5.47. The summed E-state index contributed by atoms with van der Waals surface area (Å²) in [6.07, 6.45) is 0. The van der Waals surface area contributed by atoms with Gasteiger partial charge in [-0.25, -0.2) is 0 Å². The predicted octanol–water partition coefficient (Wildman–Crippen LogP) is 0.754. The van der Waals surface area contributed by atoms with Crippen LogP contribution in [0.4, 0.5) is 0 Å². The molecule has 1 aromatic carbocycles. The maximum absolute atomic E-state index is 5.47. The number of methoxy groups -OCH3 is 1. The molecule has 0 radical (unpaired) electrons. The Labute approximate surface area is 103 Å². The molecule has 0 bridgehead atoms. The highest BCUT2D eigenvalue weighted by Gasteiger charge is 2.43. The van der Waals surface area contributed by atoms with Crippen LogP contribution in [0.15, 0.2) is 24.3 Å². The number of hydrogen-bond donors (Lipinski definition) is 0. The SMILES string of the molecule is COCOc1ccccc1[Si](OC)(OC)OC. The zero-order chi connectivity index (χ0) is 12.7. The Balaban J connectivity index is 3.09. The van der Waals surface area contributed by atoms with Crippen LogP contribution in [0.3, 0.4) is 0 Å². The predicted molar refractivity (Wildman–Crippen MR) is 65.4 cm³/mol. The van der Waals surface area contributed by atoms with Crippen molar-refractivity contribution in [2.24, 2.45) is 0 Å². The molecule has 0 spiro atoms. The Kier molecular flexibility index (Phi) is 5.59. The molecule has 0 aromatic heterocycles. The molecule has 0 N–H and O–H groups in total. The summed E-state index contributed by atoms with van der Waals surface area (Å²) in [7, 11) is 3.38. The minimum absolute atomic E-state index is 0.165. The first-order chi connectivity index (χ1) is 8.24. The molecule has 0 unspecified atom stereocenters. The van der Waals surface area contributed by atoms with Gasteiger partial charge in [0.1, 0.15) is 5.75 Å². The molecule has 96 valence electrons. The van der Waals surface area contributed by atoms with Crippen molar-refractivity contribution in [1.29, 1.82) is 0 Å². The third kappa shape index (κ3) is 3.05. The Hall–Kier alpha value is -0.923. The second kappa shape index (κ2) is 6.73. The molecule has 17 heavy (non-hydrogen) atoms. The Morgan fingerprint density at radius 2 is 1.53 bits per heavy atom. The van der Waals surface area contributed by atoms with Gasteiger partial charge < -0.3 is 22.8 Å². The third-order valence-electron chi connectivity index (χ3n) is 2.36. The lowest BCUT2D eigenvalue weighted by atomic mass is 10.3. The van der Waals surface area contributed by atoms with Gasteiger partial charge in [0, 0.05) is 28.4 Å². The largest absolute Gasteiger partial charge is 0.540 e. The van der Waals surface area contributed by atoms with Gasteiger partial charge in [-0.3, -0.25) is 0 Å². The molecule has 0 heterocycles. The molecule has 0 saturated heterocycles. The van der Waals surface area contributed by atoms with Crippen molar-refractivity contribution in [2.75, 3.05) is 35.2 Å². The Bertz CT molecular complexity index is 332. The van der Waals surface area contributed by atoms with E-state index < -0.39 is 8.80 Å². The van der Waals surface area contributed by atoms with Crippen molar-refractivity contribution >= 4 is 14.0 Å². The Morgan fingerprint density at radius 1 is 0.941 bits per heavy atom. The number of benzene rings is 1. The summed E-state index contributed by atoms with van der Waals surface area (Å²) >= 11 is 0. The third-order valence-corrected chi connectivity index (χ3v) is 5.04. The average Bonchev–Trinajstić information content (AvgIpc) is 2.40. The smallest absolute Gasteiger partial charge is 0.467 e. The number of para-hydroxylation sites is 1. The van der Waals surface area contributed by atoms with E-state index in [0.717, 1.165) is 5.19 Å². The summed E-state index contributed by atoms with van der Waals surface area (Å²) in [4.78, 5) is 0. The van der Waals surface area contributed by atoms with Gasteiger partial charge in [-0.15, -0.1) is 0 Å². The van der Waals surface area contributed by atoms with E-state index in [2.05, 4.69) is 0 Å². The lowest BCUT2D eigenvalue weighted by Gasteiger charge is -2.26. The van der Waals surface area contributed by atoms with Crippen LogP contribution in [0.5, 0.6) is 5.75 Å². The van der Waals surface area contributed by atoms with Crippen LogP contribution >= 0.6 is 0 Å². The van der Waals surface area contributed by atoms with Gasteiger partial charge in [-0.2, -0.15) is 0 Å². The van der Waals surface area contributed by atoms with E-state index in [1.165, 1.54) is 0 Å². The molecule has 0 aliphatic rings. The van der Waals surface area contributed by atoms with Gasteiger partial charge in [0.05, 0.1) is 5.19 Å². The summed E-state index contributed by atoms with van der Waals surface area (Å²) < 4.78 is 26.6. The number of hydrogen-bond acceptors (Lipinski definition) is 5. The normalized spacial score (nSPS) is 11.5. The highest BCUT2D eigenvalue weighted by molar-refractivity contribution is 6.76. The van der Waals surface area contributed by atoms with Crippen LogP contribution in [0.2, 0.25) is 0 Å². The molecule has 0 aliphatic heterocycles. The van der Waals surface area contributed by atoms with E-state index in [4.69, 9.17) is 22.8 Å². The van der Waals surface area contributed by atoms with Crippen LogP contribution in [0.25, 0.3) is 0 Å². The summed E-state index contributed by atoms with van der Waals surface area (Å²) in [6, 6.07) is 7.45. The topological polar surface area (TPSA) is 46.2 Å². The maximum Gasteiger partial charge on any atom is 0.540 e. The summed E-state index contributed by atoms with van der Waals surface area (Å²) in [5, 5.41) is 0.782. The molecule has 1 rings (SSSR count). The molecule has 5 nitrogen and oxygen atoms in total. The van der Waals surface area contributed by atoms with Gasteiger partial charge in [-0.1, -0.05) is 18.2 Å². The summed E-state index contributed by atoms with van der Waals surface area (Å²) in [6.45, 7) is 0.165. The van der Waals surface area contributed by atoms with Crippen molar-refractivity contribution in [2.45, 2.75) is 0 Å². The van der Waals surface area contributed by atoms with E-state index in [0.29, 0.717) is 5.75 Å². The highest BCUT2D eigenvalue weighted by Crippen LogP contribution is 2.16. The number of ether oxygens (including phenoxy) is 2. The van der Waals surface area contributed by atoms with Crippen LogP contribution in [0, 0.1) is 0 Å². The zero-order valence-electron chi connectivity index (χ0n) is 10.6. The molecule has 0 amide bonds. The van der Waals surface area contributed by atoms with Crippen LogP contribution < -0.4 is 9.92 Å². The van der Waals surface area contributed by atoms with Crippen molar-refractivity contribution in [1.82, 2.24) is 0 Å². The minimum Gasteiger partial charge on any atom is -0.467 e. The van der Waals surface area contributed by atoms with E-state index in [1.54, 1.807) is 28.4 Å². The second-order valence-corrected chi connectivity index (χ2v) is 6.09. The molecule has 0 saturated carbocycles. The van der Waals surface area contributed by atoms with E-state index in [9.17, 15) is 0 Å². The van der Waals surface area contributed by atoms with Gasteiger partial charge in [-0.05, 0) is 6.07 Å². The van der Waals surface area contributed by atoms with Gasteiger partial charge in [0.25, 0.3) is 0 Å². The van der Waals surface area contributed by atoms with Crippen molar-refractivity contribution < 1.29 is 22.8 Å². The molecule has 1 aromatic rings. The first kappa shape index (κ1) is 14.1. The lowest BCUT2D eigenvalue weighted by Crippen LogP contribution is -2.55. The lowest BCUT2D eigenvalue weighted by molar-refractivity contribution is 0.0509. The highest BCUT2D eigenvalue weighted by atomic mass is 28.4. The molecule has 6 heteroatoms. The first-order valence-corrected chi connectivity index (χ1v) is 6.83. The summed E-state index contributed by atoms with van der Waals surface area (Å²) in [5.74, 6) is 0.645. The fraction of sp³-hybridized carbons (Fsp3) is 0.455. The van der Waals surface area contributed by atoms with Crippen LogP contribution in [-0.2, 0) is 18.0 Å². The molecule has 0 aliphatic carbocycles. The molecular weight excluding hydrogens is 240 g/mol. The standard InChI is InChI=1S/C11H18O5Si/c1-12-9-16-10-7-5-6-8-11(10)17(13-2,14-3)15-4/h5-8H,9H2,1-4H3. The quantitative estimate of drug-likeness (QED) is 0.533. The van der Waals surface area contributed by atoms with Gasteiger partial charge in [0.2, 0.25) is 0 Å². The van der Waals surface area contributed by atoms with Crippen molar-refractivity contribution in [3.63, 3.8) is 0 Å². The monoisotopic (exact) mass is 258 g/mol. The first-order valence-electron chi connectivity index (χ1n) is 5.10. The second-order valence-electron chi connectivity index (χ2n) is 3.22. The molecule has 0 atom stereocenters. The number of rotatable bonds is 7. The summed E-state index contributed by atoms with van der Waals surface area (Å²) in [5.41, 5.74) is 0. The average molecular weight is 258 g/mol. The fourth-order valence-corrected chi connectivity index (χ4v) is 3.47. The van der Waals surface area contributed by atoms with Crippen molar-refractivity contribution in [3.05, 3.63) is 24.3 Å². The van der Waals surface area contributed by atoms with Crippen molar-refractivity contribution in [3.8, 4) is 5.75 Å².